The summed E-state index contributed by atoms with van der Waals surface area (Å²) >= 11 is 0. The third-order valence-electron chi connectivity index (χ3n) is 2.69. The predicted molar refractivity (Wildman–Crippen MR) is 79.7 cm³/mol. The van der Waals surface area contributed by atoms with Gasteiger partial charge in [0.15, 0.2) is 0 Å². The van der Waals surface area contributed by atoms with Crippen LogP contribution in [0, 0.1) is 17.6 Å². The minimum Gasteiger partial charge on any atom is -0.374 e. The van der Waals surface area contributed by atoms with E-state index < -0.39 is 41.6 Å². The first-order valence-corrected chi connectivity index (χ1v) is 6.81. The van der Waals surface area contributed by atoms with Crippen LogP contribution in [0.25, 0.3) is 0 Å². The molecule has 1 aromatic carbocycles. The van der Waals surface area contributed by atoms with Gasteiger partial charge in [0.2, 0.25) is 5.91 Å². The lowest BCUT2D eigenvalue weighted by Crippen LogP contribution is -2.43. The number of imide groups is 1. The molecule has 0 saturated heterocycles. The minimum absolute atomic E-state index is 0.217. The van der Waals surface area contributed by atoms with Gasteiger partial charge in [-0.3, -0.25) is 14.9 Å². The standard InChI is InChI=1S/C14H18F2N4O3/c1-7(2)5-19-14(23)20-12(21)6-18-11-3-8(13(17)22)9(15)4-10(11)16/h3-4,7,18H,5-6H2,1-2H3,(H2,17,22)(H2,19,20,21,23). The Morgan fingerprint density at radius 1 is 1.17 bits per heavy atom. The van der Waals surface area contributed by atoms with Gasteiger partial charge in [0, 0.05) is 12.6 Å². The number of carbonyl (C=O) groups excluding carboxylic acids is 3. The first-order valence-electron chi connectivity index (χ1n) is 6.81. The van der Waals surface area contributed by atoms with Crippen LogP contribution >= 0.6 is 0 Å². The molecule has 0 aliphatic heterocycles. The summed E-state index contributed by atoms with van der Waals surface area (Å²) in [5.41, 5.74) is 4.16. The van der Waals surface area contributed by atoms with Gasteiger partial charge in [0.1, 0.15) is 11.6 Å². The van der Waals surface area contributed by atoms with Gasteiger partial charge in [-0.15, -0.1) is 0 Å². The fourth-order valence-electron chi connectivity index (χ4n) is 1.56. The molecule has 0 atom stereocenters. The highest BCUT2D eigenvalue weighted by Gasteiger charge is 2.15. The average Bonchev–Trinajstić information content (AvgIpc) is 2.43. The number of rotatable bonds is 6. The zero-order valence-corrected chi connectivity index (χ0v) is 12.7. The Kier molecular flexibility index (Phi) is 6.43. The molecular formula is C14H18F2N4O3. The van der Waals surface area contributed by atoms with Gasteiger partial charge in [0.25, 0.3) is 5.91 Å². The molecule has 126 valence electrons. The van der Waals surface area contributed by atoms with Crippen molar-refractivity contribution < 1.29 is 23.2 Å². The molecule has 0 spiro atoms. The van der Waals surface area contributed by atoms with Crippen molar-refractivity contribution in [2.24, 2.45) is 11.7 Å². The number of carbonyl (C=O) groups is 3. The Hall–Kier alpha value is -2.71. The van der Waals surface area contributed by atoms with Crippen LogP contribution in [0.3, 0.4) is 0 Å². The van der Waals surface area contributed by atoms with E-state index >= 15 is 0 Å². The van der Waals surface area contributed by atoms with E-state index in [9.17, 15) is 23.2 Å². The third kappa shape index (κ3) is 5.89. The highest BCUT2D eigenvalue weighted by Crippen LogP contribution is 2.19. The molecule has 0 heterocycles. The lowest BCUT2D eigenvalue weighted by Gasteiger charge is -2.11. The Bertz CT molecular complexity index is 620. The number of anilines is 1. The average molecular weight is 328 g/mol. The number of hydrogen-bond acceptors (Lipinski definition) is 4. The van der Waals surface area contributed by atoms with E-state index in [-0.39, 0.29) is 11.6 Å². The highest BCUT2D eigenvalue weighted by atomic mass is 19.1. The molecule has 0 aromatic heterocycles. The number of primary amides is 1. The van der Waals surface area contributed by atoms with Gasteiger partial charge < -0.3 is 16.4 Å². The van der Waals surface area contributed by atoms with Crippen molar-refractivity contribution in [3.05, 3.63) is 29.3 Å². The second-order valence-corrected chi connectivity index (χ2v) is 5.18. The van der Waals surface area contributed by atoms with E-state index in [0.717, 1.165) is 6.07 Å². The number of benzene rings is 1. The van der Waals surface area contributed by atoms with Crippen molar-refractivity contribution in [3.8, 4) is 0 Å². The molecule has 1 rings (SSSR count). The molecule has 0 unspecified atom stereocenters. The van der Waals surface area contributed by atoms with E-state index in [1.54, 1.807) is 0 Å². The summed E-state index contributed by atoms with van der Waals surface area (Å²) in [6, 6.07) is 0.664. The lowest BCUT2D eigenvalue weighted by atomic mass is 10.1. The van der Waals surface area contributed by atoms with Crippen LogP contribution in [-0.4, -0.2) is 30.9 Å². The molecule has 5 N–H and O–H groups in total. The van der Waals surface area contributed by atoms with Crippen LogP contribution in [0.2, 0.25) is 0 Å². The Morgan fingerprint density at radius 2 is 1.83 bits per heavy atom. The molecular weight excluding hydrogens is 310 g/mol. The SMILES string of the molecule is CC(C)CNC(=O)NC(=O)CNc1cc(C(N)=O)c(F)cc1F. The molecule has 0 saturated carbocycles. The zero-order valence-electron chi connectivity index (χ0n) is 12.7. The number of urea groups is 1. The fraction of sp³-hybridized carbons (Fsp3) is 0.357. The summed E-state index contributed by atoms with van der Waals surface area (Å²) in [4.78, 5) is 33.9. The van der Waals surface area contributed by atoms with Gasteiger partial charge in [-0.05, 0) is 12.0 Å². The Balaban J connectivity index is 2.61. The van der Waals surface area contributed by atoms with Crippen molar-refractivity contribution in [2.75, 3.05) is 18.4 Å². The van der Waals surface area contributed by atoms with Crippen molar-refractivity contribution in [1.82, 2.24) is 10.6 Å². The Morgan fingerprint density at radius 3 is 2.39 bits per heavy atom. The monoisotopic (exact) mass is 328 g/mol. The van der Waals surface area contributed by atoms with E-state index in [2.05, 4.69) is 10.6 Å². The molecule has 0 fully saturated rings. The van der Waals surface area contributed by atoms with Crippen LogP contribution in [0.5, 0.6) is 0 Å². The first-order chi connectivity index (χ1) is 10.7. The number of nitrogens with one attached hydrogen (secondary N) is 3. The van der Waals surface area contributed by atoms with E-state index in [0.29, 0.717) is 12.6 Å². The molecule has 23 heavy (non-hydrogen) atoms. The maximum absolute atomic E-state index is 13.6. The third-order valence-corrected chi connectivity index (χ3v) is 2.69. The second-order valence-electron chi connectivity index (χ2n) is 5.18. The topological polar surface area (TPSA) is 113 Å². The number of nitrogens with two attached hydrogens (primary N) is 1. The normalized spacial score (nSPS) is 10.3. The van der Waals surface area contributed by atoms with Crippen molar-refractivity contribution in [1.29, 1.82) is 0 Å². The number of hydrogen-bond donors (Lipinski definition) is 4. The summed E-state index contributed by atoms with van der Waals surface area (Å²) in [7, 11) is 0. The van der Waals surface area contributed by atoms with Crippen LogP contribution in [0.15, 0.2) is 12.1 Å². The van der Waals surface area contributed by atoms with Gasteiger partial charge in [0.05, 0.1) is 17.8 Å². The van der Waals surface area contributed by atoms with Crippen molar-refractivity contribution >= 4 is 23.5 Å². The van der Waals surface area contributed by atoms with Gasteiger partial charge in [-0.25, -0.2) is 13.6 Å². The molecule has 7 nitrogen and oxygen atoms in total. The first kappa shape index (κ1) is 18.3. The molecule has 0 radical (unpaired) electrons. The molecule has 4 amide bonds. The minimum atomic E-state index is -1.10. The van der Waals surface area contributed by atoms with Crippen molar-refractivity contribution in [2.45, 2.75) is 13.8 Å². The zero-order chi connectivity index (χ0) is 17.6. The maximum atomic E-state index is 13.6. The smallest absolute Gasteiger partial charge is 0.321 e. The predicted octanol–water partition coefficient (Wildman–Crippen LogP) is 0.957. The maximum Gasteiger partial charge on any atom is 0.321 e. The quantitative estimate of drug-likeness (QED) is 0.623. The van der Waals surface area contributed by atoms with Crippen LogP contribution < -0.4 is 21.7 Å². The summed E-state index contributed by atoms with van der Waals surface area (Å²) in [6.45, 7) is 3.71. The van der Waals surface area contributed by atoms with E-state index in [1.165, 1.54) is 0 Å². The molecule has 0 aliphatic carbocycles. The summed E-state index contributed by atoms with van der Waals surface area (Å²) in [6.07, 6.45) is 0. The largest absolute Gasteiger partial charge is 0.374 e. The summed E-state index contributed by atoms with van der Waals surface area (Å²) < 4.78 is 26.9. The Labute approximate surface area is 131 Å². The van der Waals surface area contributed by atoms with Gasteiger partial charge >= 0.3 is 6.03 Å². The molecule has 9 heteroatoms. The second kappa shape index (κ2) is 8.06. The van der Waals surface area contributed by atoms with Gasteiger partial charge in [-0.2, -0.15) is 0 Å². The molecule has 1 aromatic rings. The molecule has 0 aliphatic rings. The molecule has 0 bridgehead atoms. The number of halogens is 2. The fourth-order valence-corrected chi connectivity index (χ4v) is 1.56. The number of amides is 4. The lowest BCUT2D eigenvalue weighted by molar-refractivity contribution is -0.118. The summed E-state index contributed by atoms with van der Waals surface area (Å²) in [5.74, 6) is -3.67. The van der Waals surface area contributed by atoms with Crippen molar-refractivity contribution in [3.63, 3.8) is 0 Å². The summed E-state index contributed by atoms with van der Waals surface area (Å²) in [5, 5.41) is 6.87. The van der Waals surface area contributed by atoms with E-state index in [4.69, 9.17) is 5.73 Å². The van der Waals surface area contributed by atoms with Gasteiger partial charge in [-0.1, -0.05) is 13.8 Å². The van der Waals surface area contributed by atoms with Crippen LogP contribution in [0.1, 0.15) is 24.2 Å². The highest BCUT2D eigenvalue weighted by molar-refractivity contribution is 5.97. The van der Waals surface area contributed by atoms with E-state index in [1.807, 2.05) is 19.2 Å². The van der Waals surface area contributed by atoms with Crippen LogP contribution in [0.4, 0.5) is 19.3 Å². The van der Waals surface area contributed by atoms with Crippen LogP contribution in [-0.2, 0) is 4.79 Å².